The largest absolute Gasteiger partial charge is 0.489 e. The van der Waals surface area contributed by atoms with Crippen LogP contribution in [0.5, 0.6) is 5.75 Å². The molecule has 1 aromatic rings. The van der Waals surface area contributed by atoms with Crippen molar-refractivity contribution in [2.45, 2.75) is 26.9 Å². The van der Waals surface area contributed by atoms with Crippen LogP contribution in [-0.2, 0) is 6.61 Å². The number of rotatable bonds is 5. The number of aryl methyl sites for hydroxylation is 1. The summed E-state index contributed by atoms with van der Waals surface area (Å²) in [7, 11) is 0. The fraction of sp³-hybridized carbons (Fsp3) is 0.385. The number of ether oxygens (including phenoxy) is 1. The quantitative estimate of drug-likeness (QED) is 0.838. The second-order valence-electron chi connectivity index (χ2n) is 3.76. The van der Waals surface area contributed by atoms with Gasteiger partial charge in [-0.1, -0.05) is 29.4 Å². The van der Waals surface area contributed by atoms with E-state index in [1.165, 1.54) is 0 Å². The van der Waals surface area contributed by atoms with E-state index in [0.29, 0.717) is 6.61 Å². The monoisotopic (exact) mass is 284 g/mol. The molecule has 0 aliphatic carbocycles. The summed E-state index contributed by atoms with van der Waals surface area (Å²) in [6.45, 7) is 8.40. The van der Waals surface area contributed by atoms with Crippen molar-refractivity contribution in [1.82, 2.24) is 0 Å². The Kier molecular flexibility index (Phi) is 5.03. The molecule has 0 fully saturated rings. The maximum Gasteiger partial charge on any atom is 0.128 e. The molecular weight excluding hydrogens is 268 g/mol. The van der Waals surface area contributed by atoms with E-state index in [-0.39, 0.29) is 6.61 Å². The van der Waals surface area contributed by atoms with Crippen LogP contribution in [0.1, 0.15) is 24.5 Å². The Bertz CT molecular complexity index is 386. The van der Waals surface area contributed by atoms with E-state index in [1.807, 2.05) is 26.0 Å². The van der Waals surface area contributed by atoms with Crippen LogP contribution < -0.4 is 4.74 Å². The van der Waals surface area contributed by atoms with Gasteiger partial charge in [0.15, 0.2) is 0 Å². The van der Waals surface area contributed by atoms with Gasteiger partial charge in [-0.15, -0.1) is 0 Å². The SMILES string of the molecule is C=C(CC)COc1c(C)cc(Br)cc1CO. The highest BCUT2D eigenvalue weighted by Crippen LogP contribution is 2.28. The molecule has 0 heterocycles. The Morgan fingerprint density at radius 1 is 1.50 bits per heavy atom. The van der Waals surface area contributed by atoms with Crippen LogP contribution in [0.15, 0.2) is 28.8 Å². The normalized spacial score (nSPS) is 10.2. The summed E-state index contributed by atoms with van der Waals surface area (Å²) in [4.78, 5) is 0. The van der Waals surface area contributed by atoms with Crippen LogP contribution in [0.4, 0.5) is 0 Å². The van der Waals surface area contributed by atoms with E-state index in [2.05, 4.69) is 22.5 Å². The molecule has 0 saturated carbocycles. The first-order chi connectivity index (χ1) is 7.58. The first-order valence-electron chi connectivity index (χ1n) is 5.27. The summed E-state index contributed by atoms with van der Waals surface area (Å²) in [5.74, 6) is 0.764. The number of benzene rings is 1. The van der Waals surface area contributed by atoms with Crippen molar-refractivity contribution in [1.29, 1.82) is 0 Å². The van der Waals surface area contributed by atoms with E-state index in [9.17, 15) is 5.11 Å². The molecule has 0 aliphatic rings. The Labute approximate surface area is 105 Å². The summed E-state index contributed by atoms with van der Waals surface area (Å²) < 4.78 is 6.64. The zero-order chi connectivity index (χ0) is 12.1. The summed E-state index contributed by atoms with van der Waals surface area (Å²) in [5.41, 5.74) is 2.87. The lowest BCUT2D eigenvalue weighted by atomic mass is 10.1. The minimum atomic E-state index is -0.0196. The molecule has 0 unspecified atom stereocenters. The second kappa shape index (κ2) is 6.06. The number of hydrogen-bond acceptors (Lipinski definition) is 2. The third-order valence-corrected chi connectivity index (χ3v) is 2.87. The number of hydrogen-bond donors (Lipinski definition) is 1. The standard InChI is InChI=1S/C13H17BrO2/c1-4-9(2)8-16-13-10(3)5-12(14)6-11(13)7-15/h5-6,15H,2,4,7-8H2,1,3H3. The third-order valence-electron chi connectivity index (χ3n) is 2.41. The molecule has 1 aromatic carbocycles. The number of aliphatic hydroxyl groups excluding tert-OH is 1. The van der Waals surface area contributed by atoms with Crippen LogP contribution >= 0.6 is 15.9 Å². The molecule has 88 valence electrons. The van der Waals surface area contributed by atoms with Gasteiger partial charge in [0.05, 0.1) is 6.61 Å². The van der Waals surface area contributed by atoms with Crippen molar-refractivity contribution in [3.8, 4) is 5.75 Å². The molecule has 0 aromatic heterocycles. The van der Waals surface area contributed by atoms with Crippen LogP contribution in [0.25, 0.3) is 0 Å². The molecule has 3 heteroatoms. The van der Waals surface area contributed by atoms with Gasteiger partial charge in [-0.25, -0.2) is 0 Å². The van der Waals surface area contributed by atoms with Gasteiger partial charge in [-0.3, -0.25) is 0 Å². The maximum atomic E-state index is 9.27. The molecule has 0 saturated heterocycles. The van der Waals surface area contributed by atoms with E-state index in [1.54, 1.807) is 0 Å². The maximum absolute atomic E-state index is 9.27. The predicted octanol–water partition coefficient (Wildman–Crippen LogP) is 3.59. The number of halogens is 1. The predicted molar refractivity (Wildman–Crippen MR) is 69.7 cm³/mol. The van der Waals surface area contributed by atoms with Crippen LogP contribution in [-0.4, -0.2) is 11.7 Å². The van der Waals surface area contributed by atoms with Crippen LogP contribution in [0.2, 0.25) is 0 Å². The molecule has 0 bridgehead atoms. The Hall–Kier alpha value is -0.800. The zero-order valence-electron chi connectivity index (χ0n) is 9.72. The summed E-state index contributed by atoms with van der Waals surface area (Å²) in [5, 5.41) is 9.27. The van der Waals surface area contributed by atoms with Crippen LogP contribution in [0.3, 0.4) is 0 Å². The molecular formula is C13H17BrO2. The molecule has 16 heavy (non-hydrogen) atoms. The van der Waals surface area contributed by atoms with Gasteiger partial charge in [-0.05, 0) is 36.6 Å². The van der Waals surface area contributed by atoms with Gasteiger partial charge in [-0.2, -0.15) is 0 Å². The average Bonchev–Trinajstić information content (AvgIpc) is 2.26. The first-order valence-corrected chi connectivity index (χ1v) is 6.07. The van der Waals surface area contributed by atoms with Crippen molar-refractivity contribution in [3.05, 3.63) is 39.9 Å². The van der Waals surface area contributed by atoms with E-state index in [0.717, 1.165) is 33.3 Å². The molecule has 2 nitrogen and oxygen atoms in total. The molecule has 0 aliphatic heterocycles. The van der Waals surface area contributed by atoms with Crippen molar-refractivity contribution in [2.75, 3.05) is 6.61 Å². The third kappa shape index (κ3) is 3.35. The van der Waals surface area contributed by atoms with E-state index >= 15 is 0 Å². The molecule has 0 atom stereocenters. The van der Waals surface area contributed by atoms with E-state index in [4.69, 9.17) is 4.74 Å². The van der Waals surface area contributed by atoms with Gasteiger partial charge in [0.2, 0.25) is 0 Å². The lowest BCUT2D eigenvalue weighted by molar-refractivity contribution is 0.267. The lowest BCUT2D eigenvalue weighted by Gasteiger charge is -2.14. The van der Waals surface area contributed by atoms with E-state index < -0.39 is 0 Å². The number of aliphatic hydroxyl groups is 1. The Morgan fingerprint density at radius 2 is 2.19 bits per heavy atom. The highest BCUT2D eigenvalue weighted by molar-refractivity contribution is 9.10. The van der Waals surface area contributed by atoms with Gasteiger partial charge >= 0.3 is 0 Å². The minimum absolute atomic E-state index is 0.0196. The fourth-order valence-electron chi connectivity index (χ4n) is 1.40. The highest BCUT2D eigenvalue weighted by atomic mass is 79.9. The second-order valence-corrected chi connectivity index (χ2v) is 4.68. The summed E-state index contributed by atoms with van der Waals surface area (Å²) in [6.07, 6.45) is 0.907. The molecule has 0 amide bonds. The van der Waals surface area contributed by atoms with Gasteiger partial charge < -0.3 is 9.84 Å². The van der Waals surface area contributed by atoms with Crippen molar-refractivity contribution in [3.63, 3.8) is 0 Å². The van der Waals surface area contributed by atoms with Crippen molar-refractivity contribution >= 4 is 15.9 Å². The molecule has 0 spiro atoms. The zero-order valence-corrected chi connectivity index (χ0v) is 11.3. The smallest absolute Gasteiger partial charge is 0.128 e. The average molecular weight is 285 g/mol. The van der Waals surface area contributed by atoms with Gasteiger partial charge in [0.25, 0.3) is 0 Å². The fourth-order valence-corrected chi connectivity index (χ4v) is 2.02. The molecule has 1 rings (SSSR count). The molecule has 0 radical (unpaired) electrons. The lowest BCUT2D eigenvalue weighted by Crippen LogP contribution is -2.04. The Balaban J connectivity index is 2.89. The summed E-state index contributed by atoms with van der Waals surface area (Å²) in [6, 6.07) is 3.85. The van der Waals surface area contributed by atoms with Gasteiger partial charge in [0, 0.05) is 10.0 Å². The van der Waals surface area contributed by atoms with Gasteiger partial charge in [0.1, 0.15) is 12.4 Å². The topological polar surface area (TPSA) is 29.5 Å². The minimum Gasteiger partial charge on any atom is -0.489 e. The Morgan fingerprint density at radius 3 is 2.75 bits per heavy atom. The highest BCUT2D eigenvalue weighted by Gasteiger charge is 2.08. The van der Waals surface area contributed by atoms with Crippen LogP contribution in [0, 0.1) is 6.92 Å². The molecule has 1 N–H and O–H groups in total. The first kappa shape index (κ1) is 13.3. The van der Waals surface area contributed by atoms with Crippen molar-refractivity contribution < 1.29 is 9.84 Å². The van der Waals surface area contributed by atoms with Crippen molar-refractivity contribution in [2.24, 2.45) is 0 Å². The summed E-state index contributed by atoms with van der Waals surface area (Å²) >= 11 is 3.40.